The van der Waals surface area contributed by atoms with Crippen LogP contribution < -0.4 is 5.32 Å². The molecule has 0 saturated carbocycles. The molecule has 0 bridgehead atoms. The van der Waals surface area contributed by atoms with E-state index in [2.05, 4.69) is 11.4 Å². The fourth-order valence-electron chi connectivity index (χ4n) is 2.89. The number of hydrogen-bond donors (Lipinski definition) is 1. The van der Waals surface area contributed by atoms with Gasteiger partial charge in [-0.25, -0.2) is 4.79 Å². The number of amides is 1. The second-order valence-electron chi connectivity index (χ2n) is 6.93. The third kappa shape index (κ3) is 4.69. The number of thiophene rings is 2. The van der Waals surface area contributed by atoms with Gasteiger partial charge >= 0.3 is 5.97 Å². The van der Waals surface area contributed by atoms with Crippen molar-refractivity contribution in [1.29, 1.82) is 0 Å². The molecule has 2 aromatic heterocycles. The highest BCUT2D eigenvalue weighted by Gasteiger charge is 2.24. The molecular weight excluding hydrogens is 390 g/mol. The van der Waals surface area contributed by atoms with E-state index in [1.807, 2.05) is 62.7 Å². The summed E-state index contributed by atoms with van der Waals surface area (Å²) >= 11 is 2.89. The van der Waals surface area contributed by atoms with Gasteiger partial charge in [0.25, 0.3) is 0 Å². The highest BCUT2D eigenvalue weighted by atomic mass is 32.1. The average molecular weight is 414 g/mol. The molecule has 28 heavy (non-hydrogen) atoms. The van der Waals surface area contributed by atoms with Gasteiger partial charge in [-0.15, -0.1) is 22.7 Å². The number of benzene rings is 1. The van der Waals surface area contributed by atoms with Crippen molar-refractivity contribution >= 4 is 39.6 Å². The van der Waals surface area contributed by atoms with E-state index in [-0.39, 0.29) is 18.4 Å². The molecule has 0 unspecified atom stereocenters. The molecule has 0 saturated heterocycles. The Kier molecular flexibility index (Phi) is 6.31. The number of ether oxygens (including phenoxy) is 1. The summed E-state index contributed by atoms with van der Waals surface area (Å²) in [6, 6.07) is 9.98. The van der Waals surface area contributed by atoms with E-state index in [1.54, 1.807) is 0 Å². The van der Waals surface area contributed by atoms with Crippen LogP contribution in [-0.2, 0) is 16.0 Å². The van der Waals surface area contributed by atoms with Crippen LogP contribution in [0, 0.1) is 13.8 Å². The highest BCUT2D eigenvalue weighted by Crippen LogP contribution is 2.38. The first-order chi connectivity index (χ1) is 13.3. The molecule has 0 atom stereocenters. The predicted molar refractivity (Wildman–Crippen MR) is 116 cm³/mol. The first-order valence-electron chi connectivity index (χ1n) is 9.07. The Morgan fingerprint density at radius 2 is 1.89 bits per heavy atom. The molecule has 4 nitrogen and oxygen atoms in total. The Morgan fingerprint density at radius 1 is 1.11 bits per heavy atom. The molecule has 1 amide bonds. The monoisotopic (exact) mass is 413 g/mol. The minimum atomic E-state index is -0.418. The van der Waals surface area contributed by atoms with Crippen molar-refractivity contribution in [2.45, 2.75) is 40.2 Å². The van der Waals surface area contributed by atoms with Crippen molar-refractivity contribution < 1.29 is 14.3 Å². The SMILES string of the molecule is Cc1ccc(C)c(-c2csc(NC(=O)Cc3cccs3)c2C(=O)OC(C)C)c1. The Hall–Kier alpha value is -2.44. The molecule has 6 heteroatoms. The maximum absolute atomic E-state index is 12.9. The minimum absolute atomic E-state index is 0.143. The van der Waals surface area contributed by atoms with Gasteiger partial charge < -0.3 is 10.1 Å². The topological polar surface area (TPSA) is 55.4 Å². The minimum Gasteiger partial charge on any atom is -0.459 e. The Balaban J connectivity index is 1.98. The van der Waals surface area contributed by atoms with Gasteiger partial charge in [0.15, 0.2) is 0 Å². The zero-order valence-electron chi connectivity index (χ0n) is 16.4. The number of esters is 1. The van der Waals surface area contributed by atoms with Crippen molar-refractivity contribution in [3.05, 3.63) is 62.7 Å². The van der Waals surface area contributed by atoms with Crippen LogP contribution in [0.3, 0.4) is 0 Å². The lowest BCUT2D eigenvalue weighted by atomic mass is 9.97. The molecule has 3 rings (SSSR count). The van der Waals surface area contributed by atoms with Crippen LogP contribution in [0.15, 0.2) is 41.1 Å². The van der Waals surface area contributed by atoms with Crippen LogP contribution >= 0.6 is 22.7 Å². The van der Waals surface area contributed by atoms with Crippen LogP contribution in [0.25, 0.3) is 11.1 Å². The lowest BCUT2D eigenvalue weighted by Gasteiger charge is -2.13. The van der Waals surface area contributed by atoms with E-state index in [1.165, 1.54) is 22.7 Å². The third-order valence-electron chi connectivity index (χ3n) is 4.19. The van der Waals surface area contributed by atoms with Gasteiger partial charge in [-0.1, -0.05) is 29.8 Å². The Bertz CT molecular complexity index is 987. The van der Waals surface area contributed by atoms with E-state index in [0.717, 1.165) is 27.1 Å². The van der Waals surface area contributed by atoms with Gasteiger partial charge in [0.05, 0.1) is 12.5 Å². The van der Waals surface area contributed by atoms with E-state index >= 15 is 0 Å². The normalized spacial score (nSPS) is 10.9. The molecule has 0 radical (unpaired) electrons. The molecule has 0 aliphatic carbocycles. The molecule has 0 fully saturated rings. The number of anilines is 1. The smallest absolute Gasteiger partial charge is 0.342 e. The molecule has 1 N–H and O–H groups in total. The first-order valence-corrected chi connectivity index (χ1v) is 10.8. The van der Waals surface area contributed by atoms with Crippen molar-refractivity contribution in [1.82, 2.24) is 0 Å². The third-order valence-corrected chi connectivity index (χ3v) is 5.96. The van der Waals surface area contributed by atoms with E-state index in [4.69, 9.17) is 4.74 Å². The molecule has 146 valence electrons. The fourth-order valence-corrected chi connectivity index (χ4v) is 4.56. The summed E-state index contributed by atoms with van der Waals surface area (Å²) in [4.78, 5) is 26.3. The van der Waals surface area contributed by atoms with Crippen molar-refractivity contribution in [3.63, 3.8) is 0 Å². The summed E-state index contributed by atoms with van der Waals surface area (Å²) < 4.78 is 5.47. The Labute approximate surface area is 173 Å². The lowest BCUT2D eigenvalue weighted by molar-refractivity contribution is -0.115. The number of carbonyl (C=O) groups is 2. The molecule has 0 spiro atoms. The molecular formula is C22H23NO3S2. The van der Waals surface area contributed by atoms with Gasteiger partial charge in [0.1, 0.15) is 10.6 Å². The summed E-state index contributed by atoms with van der Waals surface area (Å²) in [5, 5.41) is 7.30. The van der Waals surface area contributed by atoms with Gasteiger partial charge in [0, 0.05) is 15.8 Å². The summed E-state index contributed by atoms with van der Waals surface area (Å²) in [5.41, 5.74) is 4.37. The zero-order chi connectivity index (χ0) is 20.3. The summed E-state index contributed by atoms with van der Waals surface area (Å²) in [7, 11) is 0. The van der Waals surface area contributed by atoms with Crippen LogP contribution in [0.5, 0.6) is 0 Å². The maximum Gasteiger partial charge on any atom is 0.342 e. The zero-order valence-corrected chi connectivity index (χ0v) is 18.0. The lowest BCUT2D eigenvalue weighted by Crippen LogP contribution is -2.17. The standard InChI is InChI=1S/C22H23NO3S2/c1-13(2)26-22(25)20-18(17-10-14(3)7-8-15(17)4)12-28-21(20)23-19(24)11-16-6-5-9-27-16/h5-10,12-13H,11H2,1-4H3,(H,23,24). The predicted octanol–water partition coefficient (Wildman–Crippen LogP) is 5.84. The van der Waals surface area contributed by atoms with Crippen LogP contribution in [-0.4, -0.2) is 18.0 Å². The van der Waals surface area contributed by atoms with Crippen molar-refractivity contribution in [2.24, 2.45) is 0 Å². The molecule has 3 aromatic rings. The maximum atomic E-state index is 12.9. The van der Waals surface area contributed by atoms with Gasteiger partial charge in [-0.3, -0.25) is 4.79 Å². The van der Waals surface area contributed by atoms with E-state index in [0.29, 0.717) is 10.6 Å². The second-order valence-corrected chi connectivity index (χ2v) is 8.84. The highest BCUT2D eigenvalue weighted by molar-refractivity contribution is 7.15. The first kappa shape index (κ1) is 20.3. The van der Waals surface area contributed by atoms with E-state index < -0.39 is 5.97 Å². The van der Waals surface area contributed by atoms with Crippen LogP contribution in [0.4, 0.5) is 5.00 Å². The summed E-state index contributed by atoms with van der Waals surface area (Å²) in [6.07, 6.45) is 0.0427. The molecule has 2 heterocycles. The Morgan fingerprint density at radius 3 is 2.57 bits per heavy atom. The van der Waals surface area contributed by atoms with Crippen molar-refractivity contribution in [2.75, 3.05) is 5.32 Å². The second kappa shape index (κ2) is 8.71. The number of aryl methyl sites for hydroxylation is 2. The van der Waals surface area contributed by atoms with E-state index in [9.17, 15) is 9.59 Å². The van der Waals surface area contributed by atoms with Crippen LogP contribution in [0.2, 0.25) is 0 Å². The summed E-state index contributed by atoms with van der Waals surface area (Å²) in [5.74, 6) is -0.561. The number of carbonyl (C=O) groups excluding carboxylic acids is 2. The van der Waals surface area contributed by atoms with Gasteiger partial charge in [0.2, 0.25) is 5.91 Å². The summed E-state index contributed by atoms with van der Waals surface area (Å²) in [6.45, 7) is 7.66. The molecule has 0 aliphatic heterocycles. The van der Waals surface area contributed by atoms with Gasteiger partial charge in [-0.05, 0) is 50.3 Å². The number of nitrogens with one attached hydrogen (secondary N) is 1. The molecule has 0 aliphatic rings. The fraction of sp³-hybridized carbons (Fsp3) is 0.273. The average Bonchev–Trinajstić information content (AvgIpc) is 3.26. The largest absolute Gasteiger partial charge is 0.459 e. The van der Waals surface area contributed by atoms with Crippen molar-refractivity contribution in [3.8, 4) is 11.1 Å². The quantitative estimate of drug-likeness (QED) is 0.517. The number of rotatable bonds is 6. The van der Waals surface area contributed by atoms with Gasteiger partial charge in [-0.2, -0.15) is 0 Å². The number of hydrogen-bond acceptors (Lipinski definition) is 5. The van der Waals surface area contributed by atoms with Crippen LogP contribution in [0.1, 0.15) is 40.2 Å². The molecule has 1 aromatic carbocycles.